The Hall–Kier alpha value is -2.09. The van der Waals surface area contributed by atoms with E-state index in [1.165, 1.54) is 6.08 Å². The number of carbonyl (C=O) groups is 1. The van der Waals surface area contributed by atoms with Crippen molar-refractivity contribution >= 4 is 22.8 Å². The van der Waals surface area contributed by atoms with Gasteiger partial charge in [-0.2, -0.15) is 0 Å². The SMILES string of the molecule is NC(=O)/C=C\c1cccc2ccccc12. The van der Waals surface area contributed by atoms with E-state index in [2.05, 4.69) is 0 Å². The Morgan fingerprint density at radius 2 is 1.80 bits per heavy atom. The predicted octanol–water partition coefficient (Wildman–Crippen LogP) is 2.34. The molecule has 0 radical (unpaired) electrons. The number of hydrogen-bond acceptors (Lipinski definition) is 1. The fraction of sp³-hybridized carbons (Fsp3) is 0. The Labute approximate surface area is 88.0 Å². The van der Waals surface area contributed by atoms with Gasteiger partial charge in [0.15, 0.2) is 0 Å². The molecule has 2 aromatic carbocycles. The normalized spacial score (nSPS) is 10.9. The van der Waals surface area contributed by atoms with Gasteiger partial charge in [-0.1, -0.05) is 42.5 Å². The van der Waals surface area contributed by atoms with E-state index in [4.69, 9.17) is 5.73 Å². The Morgan fingerprint density at radius 3 is 2.60 bits per heavy atom. The largest absolute Gasteiger partial charge is 0.366 e. The molecule has 0 aliphatic rings. The lowest BCUT2D eigenvalue weighted by atomic mass is 10.0. The molecule has 0 bridgehead atoms. The highest BCUT2D eigenvalue weighted by Crippen LogP contribution is 2.19. The smallest absolute Gasteiger partial charge is 0.241 e. The van der Waals surface area contributed by atoms with Crippen molar-refractivity contribution in [1.82, 2.24) is 0 Å². The first-order valence-electron chi connectivity index (χ1n) is 4.72. The zero-order valence-corrected chi connectivity index (χ0v) is 8.18. The van der Waals surface area contributed by atoms with Gasteiger partial charge in [0.1, 0.15) is 0 Å². The third-order valence-electron chi connectivity index (χ3n) is 2.25. The Bertz CT molecular complexity index is 524. The van der Waals surface area contributed by atoms with Crippen molar-refractivity contribution in [1.29, 1.82) is 0 Å². The molecule has 0 fully saturated rings. The van der Waals surface area contributed by atoms with E-state index < -0.39 is 5.91 Å². The van der Waals surface area contributed by atoms with Gasteiger partial charge in [-0.15, -0.1) is 0 Å². The van der Waals surface area contributed by atoms with E-state index in [0.29, 0.717) is 0 Å². The van der Waals surface area contributed by atoms with Crippen LogP contribution in [-0.2, 0) is 4.79 Å². The Kier molecular flexibility index (Phi) is 2.50. The molecule has 0 aromatic heterocycles. The van der Waals surface area contributed by atoms with Crippen molar-refractivity contribution in [3.05, 3.63) is 54.1 Å². The minimum Gasteiger partial charge on any atom is -0.366 e. The highest BCUT2D eigenvalue weighted by atomic mass is 16.1. The van der Waals surface area contributed by atoms with Crippen LogP contribution in [0.2, 0.25) is 0 Å². The third-order valence-corrected chi connectivity index (χ3v) is 2.25. The number of hydrogen-bond donors (Lipinski definition) is 1. The van der Waals surface area contributed by atoms with Gasteiger partial charge in [-0.25, -0.2) is 0 Å². The average Bonchev–Trinajstić information content (AvgIpc) is 2.26. The molecular weight excluding hydrogens is 186 g/mol. The number of primary amides is 1. The maximum atomic E-state index is 10.6. The standard InChI is InChI=1S/C13H11NO/c14-13(15)9-8-11-6-3-5-10-4-1-2-7-12(10)11/h1-9H,(H2,14,15)/b9-8-. The highest BCUT2D eigenvalue weighted by Gasteiger charge is 1.96. The van der Waals surface area contributed by atoms with Crippen LogP contribution < -0.4 is 5.73 Å². The fourth-order valence-electron chi connectivity index (χ4n) is 1.57. The summed E-state index contributed by atoms with van der Waals surface area (Å²) in [7, 11) is 0. The summed E-state index contributed by atoms with van der Waals surface area (Å²) in [6, 6.07) is 14.0. The van der Waals surface area contributed by atoms with Gasteiger partial charge < -0.3 is 5.73 Å². The van der Waals surface area contributed by atoms with E-state index in [1.807, 2.05) is 42.5 Å². The molecule has 0 aliphatic heterocycles. The third kappa shape index (κ3) is 2.05. The van der Waals surface area contributed by atoms with Crippen LogP contribution >= 0.6 is 0 Å². The lowest BCUT2D eigenvalue weighted by Crippen LogP contribution is -2.05. The number of carbonyl (C=O) groups excluding carboxylic acids is 1. The van der Waals surface area contributed by atoms with E-state index >= 15 is 0 Å². The summed E-state index contributed by atoms with van der Waals surface area (Å²) in [5, 5.41) is 2.28. The maximum absolute atomic E-state index is 10.6. The van der Waals surface area contributed by atoms with E-state index in [0.717, 1.165) is 16.3 Å². The van der Waals surface area contributed by atoms with Crippen molar-refractivity contribution in [2.24, 2.45) is 5.73 Å². The minimum atomic E-state index is -0.428. The summed E-state index contributed by atoms with van der Waals surface area (Å²) in [5.41, 5.74) is 6.07. The molecule has 1 amide bonds. The topological polar surface area (TPSA) is 43.1 Å². The molecule has 2 nitrogen and oxygen atoms in total. The number of benzene rings is 2. The first kappa shape index (κ1) is 9.46. The monoisotopic (exact) mass is 197 g/mol. The van der Waals surface area contributed by atoms with E-state index in [1.54, 1.807) is 6.08 Å². The Balaban J connectivity index is 2.56. The zero-order chi connectivity index (χ0) is 10.7. The van der Waals surface area contributed by atoms with Crippen LogP contribution in [0, 0.1) is 0 Å². The molecule has 0 saturated carbocycles. The van der Waals surface area contributed by atoms with Gasteiger partial charge in [0.2, 0.25) is 5.91 Å². The first-order chi connectivity index (χ1) is 7.27. The van der Waals surface area contributed by atoms with Crippen LogP contribution in [0.1, 0.15) is 5.56 Å². The van der Waals surface area contributed by atoms with Gasteiger partial charge in [0.25, 0.3) is 0 Å². The molecule has 15 heavy (non-hydrogen) atoms. The van der Waals surface area contributed by atoms with Gasteiger partial charge in [0, 0.05) is 6.08 Å². The molecule has 0 atom stereocenters. The summed E-state index contributed by atoms with van der Waals surface area (Å²) < 4.78 is 0. The van der Waals surface area contributed by atoms with Crippen LogP contribution in [0.4, 0.5) is 0 Å². The molecule has 74 valence electrons. The summed E-state index contributed by atoms with van der Waals surface area (Å²) >= 11 is 0. The van der Waals surface area contributed by atoms with Crippen LogP contribution in [0.5, 0.6) is 0 Å². The van der Waals surface area contributed by atoms with Crippen molar-refractivity contribution in [2.45, 2.75) is 0 Å². The summed E-state index contributed by atoms with van der Waals surface area (Å²) in [6.07, 6.45) is 3.12. The number of rotatable bonds is 2. The van der Waals surface area contributed by atoms with Crippen molar-refractivity contribution in [2.75, 3.05) is 0 Å². The van der Waals surface area contributed by atoms with Crippen molar-refractivity contribution in [3.8, 4) is 0 Å². The van der Waals surface area contributed by atoms with Crippen molar-refractivity contribution in [3.63, 3.8) is 0 Å². The lowest BCUT2D eigenvalue weighted by Gasteiger charge is -2.00. The van der Waals surface area contributed by atoms with Crippen LogP contribution in [-0.4, -0.2) is 5.91 Å². The fourth-order valence-corrected chi connectivity index (χ4v) is 1.57. The molecule has 2 heteroatoms. The van der Waals surface area contributed by atoms with Gasteiger partial charge in [-0.3, -0.25) is 4.79 Å². The van der Waals surface area contributed by atoms with Crippen LogP contribution in [0.25, 0.3) is 16.8 Å². The lowest BCUT2D eigenvalue weighted by molar-refractivity contribution is -0.113. The number of fused-ring (bicyclic) bond motifs is 1. The minimum absolute atomic E-state index is 0.428. The quantitative estimate of drug-likeness (QED) is 0.738. The molecule has 0 heterocycles. The summed E-state index contributed by atoms with van der Waals surface area (Å²) in [5.74, 6) is -0.428. The number of nitrogens with two attached hydrogens (primary N) is 1. The summed E-state index contributed by atoms with van der Waals surface area (Å²) in [4.78, 5) is 10.6. The second-order valence-electron chi connectivity index (χ2n) is 3.30. The molecule has 0 unspecified atom stereocenters. The Morgan fingerprint density at radius 1 is 1.07 bits per heavy atom. The molecule has 2 rings (SSSR count). The molecule has 2 N–H and O–H groups in total. The zero-order valence-electron chi connectivity index (χ0n) is 8.18. The van der Waals surface area contributed by atoms with Gasteiger partial charge in [0.05, 0.1) is 0 Å². The summed E-state index contributed by atoms with van der Waals surface area (Å²) in [6.45, 7) is 0. The molecule has 0 saturated heterocycles. The highest BCUT2D eigenvalue weighted by molar-refractivity contribution is 5.95. The van der Waals surface area contributed by atoms with Gasteiger partial charge in [-0.05, 0) is 22.4 Å². The first-order valence-corrected chi connectivity index (χ1v) is 4.72. The van der Waals surface area contributed by atoms with Crippen LogP contribution in [0.15, 0.2) is 48.5 Å². The second kappa shape index (κ2) is 3.96. The average molecular weight is 197 g/mol. The molecule has 0 spiro atoms. The molecule has 2 aromatic rings. The van der Waals surface area contributed by atoms with Crippen molar-refractivity contribution < 1.29 is 4.79 Å². The van der Waals surface area contributed by atoms with Crippen LogP contribution in [0.3, 0.4) is 0 Å². The molecule has 0 aliphatic carbocycles. The second-order valence-corrected chi connectivity index (χ2v) is 3.30. The number of amides is 1. The van der Waals surface area contributed by atoms with Gasteiger partial charge >= 0.3 is 0 Å². The van der Waals surface area contributed by atoms with E-state index in [-0.39, 0.29) is 0 Å². The molecular formula is C13H11NO. The predicted molar refractivity (Wildman–Crippen MR) is 62.2 cm³/mol. The maximum Gasteiger partial charge on any atom is 0.241 e. The van der Waals surface area contributed by atoms with E-state index in [9.17, 15) is 4.79 Å².